The van der Waals surface area contributed by atoms with E-state index in [1.54, 1.807) is 35.1 Å². The Bertz CT molecular complexity index is 881. The van der Waals surface area contributed by atoms with E-state index in [9.17, 15) is 9.59 Å². The van der Waals surface area contributed by atoms with Gasteiger partial charge in [0.25, 0.3) is 5.91 Å². The van der Waals surface area contributed by atoms with Crippen LogP contribution in [0.25, 0.3) is 5.69 Å². The maximum atomic E-state index is 12.5. The highest BCUT2D eigenvalue weighted by molar-refractivity contribution is 6.05. The van der Waals surface area contributed by atoms with Crippen molar-refractivity contribution < 1.29 is 9.59 Å². The standard InChI is InChI=1S/C19H17N3O2/c1-13-18(12-20-22(13)17-6-4-3-5-7-17)19(24)21-16-10-8-15(9-11-16)14(2)23/h3-12H,1-2H3,(H,21,24). The Hall–Kier alpha value is -3.21. The van der Waals surface area contributed by atoms with Gasteiger partial charge in [0.05, 0.1) is 23.1 Å². The van der Waals surface area contributed by atoms with Gasteiger partial charge in [-0.3, -0.25) is 9.59 Å². The minimum Gasteiger partial charge on any atom is -0.322 e. The molecule has 2 aromatic carbocycles. The number of aromatic nitrogens is 2. The third-order valence-electron chi connectivity index (χ3n) is 3.80. The van der Waals surface area contributed by atoms with Crippen molar-refractivity contribution in [1.82, 2.24) is 9.78 Å². The number of hydrogen-bond acceptors (Lipinski definition) is 3. The zero-order valence-electron chi connectivity index (χ0n) is 13.5. The van der Waals surface area contributed by atoms with Crippen molar-refractivity contribution in [2.75, 3.05) is 5.32 Å². The minimum absolute atomic E-state index is 0.00661. The van der Waals surface area contributed by atoms with Crippen molar-refractivity contribution in [2.24, 2.45) is 0 Å². The Kier molecular flexibility index (Phi) is 4.24. The number of Topliss-reactive ketones (excluding diaryl/α,β-unsaturated/α-hetero) is 1. The summed E-state index contributed by atoms with van der Waals surface area (Å²) >= 11 is 0. The van der Waals surface area contributed by atoms with Crippen LogP contribution in [0.15, 0.2) is 60.8 Å². The molecule has 3 rings (SSSR count). The SMILES string of the molecule is CC(=O)c1ccc(NC(=O)c2cnn(-c3ccccc3)c2C)cc1. The van der Waals surface area contributed by atoms with Gasteiger partial charge in [-0.05, 0) is 50.2 Å². The molecule has 5 nitrogen and oxygen atoms in total. The number of benzene rings is 2. The molecule has 0 fully saturated rings. The van der Waals surface area contributed by atoms with E-state index in [2.05, 4.69) is 10.4 Å². The number of anilines is 1. The van der Waals surface area contributed by atoms with E-state index in [1.807, 2.05) is 37.3 Å². The zero-order valence-corrected chi connectivity index (χ0v) is 13.5. The lowest BCUT2D eigenvalue weighted by molar-refractivity contribution is 0.101. The third-order valence-corrected chi connectivity index (χ3v) is 3.80. The summed E-state index contributed by atoms with van der Waals surface area (Å²) in [6.45, 7) is 3.36. The number of hydrogen-bond donors (Lipinski definition) is 1. The van der Waals surface area contributed by atoms with Gasteiger partial charge >= 0.3 is 0 Å². The molecule has 3 aromatic rings. The quantitative estimate of drug-likeness (QED) is 0.747. The highest BCUT2D eigenvalue weighted by Gasteiger charge is 2.15. The summed E-state index contributed by atoms with van der Waals surface area (Å²) < 4.78 is 1.73. The molecule has 0 unspecified atom stereocenters. The molecule has 120 valence electrons. The normalized spacial score (nSPS) is 10.4. The molecule has 0 aliphatic carbocycles. The average molecular weight is 319 g/mol. The van der Waals surface area contributed by atoms with Crippen LogP contribution in [0.3, 0.4) is 0 Å². The van der Waals surface area contributed by atoms with Gasteiger partial charge in [-0.25, -0.2) is 4.68 Å². The lowest BCUT2D eigenvalue weighted by atomic mass is 10.1. The van der Waals surface area contributed by atoms with Crippen LogP contribution in [0.4, 0.5) is 5.69 Å². The van der Waals surface area contributed by atoms with Gasteiger partial charge in [-0.2, -0.15) is 5.10 Å². The first-order valence-electron chi connectivity index (χ1n) is 7.58. The lowest BCUT2D eigenvalue weighted by Crippen LogP contribution is -2.13. The molecule has 0 saturated heterocycles. The molecule has 24 heavy (non-hydrogen) atoms. The van der Waals surface area contributed by atoms with Crippen LogP contribution < -0.4 is 5.32 Å². The molecule has 0 aliphatic rings. The van der Waals surface area contributed by atoms with Gasteiger partial charge in [-0.1, -0.05) is 18.2 Å². The number of ketones is 1. The number of amides is 1. The van der Waals surface area contributed by atoms with E-state index in [-0.39, 0.29) is 11.7 Å². The van der Waals surface area contributed by atoms with E-state index in [4.69, 9.17) is 0 Å². The Morgan fingerprint density at radius 2 is 1.67 bits per heavy atom. The van der Waals surface area contributed by atoms with Gasteiger partial charge in [0.2, 0.25) is 0 Å². The van der Waals surface area contributed by atoms with E-state index < -0.39 is 0 Å². The second-order valence-corrected chi connectivity index (χ2v) is 5.48. The number of nitrogens with one attached hydrogen (secondary N) is 1. The van der Waals surface area contributed by atoms with Crippen LogP contribution >= 0.6 is 0 Å². The summed E-state index contributed by atoms with van der Waals surface area (Å²) in [6, 6.07) is 16.5. The van der Waals surface area contributed by atoms with Crippen molar-refractivity contribution in [3.63, 3.8) is 0 Å². The highest BCUT2D eigenvalue weighted by Crippen LogP contribution is 2.16. The maximum Gasteiger partial charge on any atom is 0.259 e. The second-order valence-electron chi connectivity index (χ2n) is 5.48. The molecule has 0 radical (unpaired) electrons. The van der Waals surface area contributed by atoms with Crippen molar-refractivity contribution in [2.45, 2.75) is 13.8 Å². The number of para-hydroxylation sites is 1. The summed E-state index contributed by atoms with van der Waals surface area (Å²) in [5.41, 5.74) is 3.42. The summed E-state index contributed by atoms with van der Waals surface area (Å²) in [7, 11) is 0. The predicted molar refractivity (Wildman–Crippen MR) is 92.7 cm³/mol. The third kappa shape index (κ3) is 3.10. The molecule has 1 heterocycles. The number of carbonyl (C=O) groups is 2. The molecule has 0 saturated carbocycles. The highest BCUT2D eigenvalue weighted by atomic mass is 16.1. The van der Waals surface area contributed by atoms with E-state index >= 15 is 0 Å². The molecular weight excluding hydrogens is 302 g/mol. The second kappa shape index (κ2) is 6.50. The smallest absolute Gasteiger partial charge is 0.259 e. The topological polar surface area (TPSA) is 64.0 Å². The van der Waals surface area contributed by atoms with Crippen LogP contribution in [-0.2, 0) is 0 Å². The fraction of sp³-hybridized carbons (Fsp3) is 0.105. The molecule has 0 atom stereocenters. The Morgan fingerprint density at radius 1 is 1.00 bits per heavy atom. The number of rotatable bonds is 4. The fourth-order valence-electron chi connectivity index (χ4n) is 2.45. The first-order chi connectivity index (χ1) is 11.6. The average Bonchev–Trinajstić information content (AvgIpc) is 2.98. The van der Waals surface area contributed by atoms with Crippen molar-refractivity contribution in [1.29, 1.82) is 0 Å². The Labute approximate surface area is 139 Å². The van der Waals surface area contributed by atoms with Gasteiger partial charge in [-0.15, -0.1) is 0 Å². The van der Waals surface area contributed by atoms with E-state index in [1.165, 1.54) is 6.92 Å². The predicted octanol–water partition coefficient (Wildman–Crippen LogP) is 3.64. The van der Waals surface area contributed by atoms with E-state index in [0.717, 1.165) is 11.4 Å². The molecule has 0 spiro atoms. The van der Waals surface area contributed by atoms with Crippen LogP contribution in [-0.4, -0.2) is 21.5 Å². The van der Waals surface area contributed by atoms with Crippen LogP contribution in [0.2, 0.25) is 0 Å². The van der Waals surface area contributed by atoms with Gasteiger partial charge in [0, 0.05) is 11.3 Å². The molecule has 5 heteroatoms. The summed E-state index contributed by atoms with van der Waals surface area (Å²) in [5, 5.41) is 7.12. The molecule has 0 bridgehead atoms. The van der Waals surface area contributed by atoms with Crippen molar-refractivity contribution in [3.05, 3.63) is 77.6 Å². The van der Waals surface area contributed by atoms with Crippen LogP contribution in [0.5, 0.6) is 0 Å². The molecule has 1 N–H and O–H groups in total. The Balaban J connectivity index is 1.81. The molecule has 0 aliphatic heterocycles. The van der Waals surface area contributed by atoms with Crippen LogP contribution in [0.1, 0.15) is 33.3 Å². The van der Waals surface area contributed by atoms with Crippen molar-refractivity contribution in [3.8, 4) is 5.69 Å². The lowest BCUT2D eigenvalue weighted by Gasteiger charge is -2.07. The summed E-state index contributed by atoms with van der Waals surface area (Å²) in [6.07, 6.45) is 1.56. The number of carbonyl (C=O) groups excluding carboxylic acids is 2. The van der Waals surface area contributed by atoms with Gasteiger partial charge in [0.15, 0.2) is 5.78 Å². The first-order valence-corrected chi connectivity index (χ1v) is 7.58. The van der Waals surface area contributed by atoms with E-state index in [0.29, 0.717) is 16.8 Å². The van der Waals surface area contributed by atoms with Crippen LogP contribution in [0, 0.1) is 6.92 Å². The monoisotopic (exact) mass is 319 g/mol. The Morgan fingerprint density at radius 3 is 2.29 bits per heavy atom. The zero-order chi connectivity index (χ0) is 17.1. The number of nitrogens with zero attached hydrogens (tertiary/aromatic N) is 2. The van der Waals surface area contributed by atoms with Gasteiger partial charge < -0.3 is 5.32 Å². The first kappa shape index (κ1) is 15.7. The summed E-state index contributed by atoms with van der Waals surface area (Å²) in [5.74, 6) is -0.238. The summed E-state index contributed by atoms with van der Waals surface area (Å²) in [4.78, 5) is 23.8. The molecular formula is C19H17N3O2. The van der Waals surface area contributed by atoms with Gasteiger partial charge in [0.1, 0.15) is 0 Å². The molecule has 1 amide bonds. The largest absolute Gasteiger partial charge is 0.322 e. The maximum absolute atomic E-state index is 12.5. The van der Waals surface area contributed by atoms with Crippen molar-refractivity contribution >= 4 is 17.4 Å². The molecule has 1 aromatic heterocycles. The fourth-order valence-corrected chi connectivity index (χ4v) is 2.45. The minimum atomic E-state index is -0.231.